The van der Waals surface area contributed by atoms with Gasteiger partial charge in [-0.3, -0.25) is 0 Å². The molecule has 1 aromatic rings. The third-order valence-electron chi connectivity index (χ3n) is 5.45. The van der Waals surface area contributed by atoms with Crippen molar-refractivity contribution in [2.75, 3.05) is 39.8 Å². The standard InChI is InChI=1S/C18H27BrN2O4S2/c1-25-18(22)15-12-16(17(19)26-15)27(23,24)21-9-5-8-20(10-11-21)13-14-6-3-2-4-7-14/h12,14H,2-11,13H2,1H3. The van der Waals surface area contributed by atoms with Crippen molar-refractivity contribution in [1.29, 1.82) is 0 Å². The number of thiophene rings is 1. The highest BCUT2D eigenvalue weighted by Gasteiger charge is 2.31. The first-order valence-electron chi connectivity index (χ1n) is 9.52. The minimum atomic E-state index is -3.63. The van der Waals surface area contributed by atoms with Crippen molar-refractivity contribution < 1.29 is 17.9 Å². The van der Waals surface area contributed by atoms with Gasteiger partial charge in [-0.2, -0.15) is 4.31 Å². The van der Waals surface area contributed by atoms with Gasteiger partial charge in [-0.05, 0) is 53.7 Å². The van der Waals surface area contributed by atoms with Gasteiger partial charge in [-0.15, -0.1) is 11.3 Å². The minimum absolute atomic E-state index is 0.161. The van der Waals surface area contributed by atoms with Crippen molar-refractivity contribution in [3.05, 3.63) is 14.7 Å². The molecule has 0 bridgehead atoms. The number of ether oxygens (including phenoxy) is 1. The van der Waals surface area contributed by atoms with Crippen molar-refractivity contribution >= 4 is 43.3 Å². The Morgan fingerprint density at radius 3 is 2.63 bits per heavy atom. The maximum atomic E-state index is 13.1. The van der Waals surface area contributed by atoms with Crippen LogP contribution in [0.25, 0.3) is 0 Å². The molecule has 0 atom stereocenters. The SMILES string of the molecule is COC(=O)c1cc(S(=O)(=O)N2CCCN(CC3CCCCC3)CC2)c(Br)s1. The smallest absolute Gasteiger partial charge is 0.348 e. The molecule has 27 heavy (non-hydrogen) atoms. The van der Waals surface area contributed by atoms with Crippen molar-refractivity contribution in [1.82, 2.24) is 9.21 Å². The fraction of sp³-hybridized carbons (Fsp3) is 0.722. The van der Waals surface area contributed by atoms with E-state index in [1.165, 1.54) is 45.3 Å². The third-order valence-corrected chi connectivity index (χ3v) is 9.58. The van der Waals surface area contributed by atoms with Gasteiger partial charge < -0.3 is 9.64 Å². The van der Waals surface area contributed by atoms with Crippen LogP contribution in [-0.4, -0.2) is 63.4 Å². The van der Waals surface area contributed by atoms with Gasteiger partial charge in [0.15, 0.2) is 0 Å². The maximum Gasteiger partial charge on any atom is 0.348 e. The Labute approximate surface area is 174 Å². The molecule has 2 heterocycles. The van der Waals surface area contributed by atoms with Gasteiger partial charge in [0.25, 0.3) is 0 Å². The Bertz CT molecular complexity index is 759. The second-order valence-electron chi connectivity index (χ2n) is 7.30. The second-order valence-corrected chi connectivity index (χ2v) is 11.6. The first kappa shape index (κ1) is 21.2. The number of esters is 1. The summed E-state index contributed by atoms with van der Waals surface area (Å²) >= 11 is 4.40. The van der Waals surface area contributed by atoms with Crippen LogP contribution in [0, 0.1) is 5.92 Å². The monoisotopic (exact) mass is 478 g/mol. The maximum absolute atomic E-state index is 13.1. The molecule has 3 rings (SSSR count). The highest BCUT2D eigenvalue weighted by molar-refractivity contribution is 9.11. The van der Waals surface area contributed by atoms with Gasteiger partial charge >= 0.3 is 5.97 Å². The Balaban J connectivity index is 1.67. The van der Waals surface area contributed by atoms with Crippen LogP contribution in [-0.2, 0) is 14.8 Å². The molecule has 2 aliphatic rings. The second kappa shape index (κ2) is 9.35. The molecule has 0 radical (unpaired) electrons. The first-order valence-corrected chi connectivity index (χ1v) is 12.6. The lowest BCUT2D eigenvalue weighted by molar-refractivity contribution is 0.0606. The van der Waals surface area contributed by atoms with Crippen LogP contribution >= 0.6 is 27.3 Å². The van der Waals surface area contributed by atoms with Crippen LogP contribution in [0.3, 0.4) is 0 Å². The molecule has 1 aliphatic carbocycles. The van der Waals surface area contributed by atoms with Gasteiger partial charge in [-0.1, -0.05) is 19.3 Å². The molecule has 0 unspecified atom stereocenters. The zero-order valence-electron chi connectivity index (χ0n) is 15.7. The lowest BCUT2D eigenvalue weighted by atomic mass is 9.89. The lowest BCUT2D eigenvalue weighted by Crippen LogP contribution is -2.36. The van der Waals surface area contributed by atoms with Gasteiger partial charge in [0.2, 0.25) is 10.0 Å². The molecule has 9 heteroatoms. The van der Waals surface area contributed by atoms with E-state index in [9.17, 15) is 13.2 Å². The summed E-state index contributed by atoms with van der Waals surface area (Å²) in [5.74, 6) is 0.243. The summed E-state index contributed by atoms with van der Waals surface area (Å²) in [5, 5.41) is 0. The summed E-state index contributed by atoms with van der Waals surface area (Å²) in [4.78, 5) is 14.6. The van der Waals surface area contributed by atoms with E-state index in [0.717, 1.165) is 43.3 Å². The molecule has 0 aromatic carbocycles. The number of nitrogens with zero attached hydrogens (tertiary/aromatic N) is 2. The van der Waals surface area contributed by atoms with E-state index < -0.39 is 16.0 Å². The summed E-state index contributed by atoms with van der Waals surface area (Å²) in [5.41, 5.74) is 0. The van der Waals surface area contributed by atoms with E-state index in [1.54, 1.807) is 4.31 Å². The molecule has 1 saturated carbocycles. The summed E-state index contributed by atoms with van der Waals surface area (Å²) < 4.78 is 32.9. The predicted octanol–water partition coefficient (Wildman–Crippen LogP) is 3.57. The van der Waals surface area contributed by atoms with Crippen LogP contribution < -0.4 is 0 Å². The van der Waals surface area contributed by atoms with Gasteiger partial charge in [0.1, 0.15) is 9.77 Å². The van der Waals surface area contributed by atoms with E-state index in [-0.39, 0.29) is 9.77 Å². The Morgan fingerprint density at radius 1 is 1.19 bits per heavy atom. The summed E-state index contributed by atoms with van der Waals surface area (Å²) in [7, 11) is -2.34. The topological polar surface area (TPSA) is 66.9 Å². The molecule has 0 N–H and O–H groups in total. The van der Waals surface area contributed by atoms with E-state index in [4.69, 9.17) is 4.74 Å². The van der Waals surface area contributed by atoms with Crippen molar-refractivity contribution in [2.24, 2.45) is 5.92 Å². The molecular weight excluding hydrogens is 452 g/mol. The largest absolute Gasteiger partial charge is 0.465 e. The van der Waals surface area contributed by atoms with E-state index >= 15 is 0 Å². The van der Waals surface area contributed by atoms with Gasteiger partial charge in [-0.25, -0.2) is 13.2 Å². The highest BCUT2D eigenvalue weighted by Crippen LogP contribution is 2.34. The molecule has 1 aliphatic heterocycles. The van der Waals surface area contributed by atoms with Crippen molar-refractivity contribution in [3.8, 4) is 0 Å². The first-order chi connectivity index (χ1) is 12.9. The van der Waals surface area contributed by atoms with Crippen LogP contribution in [0.15, 0.2) is 14.7 Å². The van der Waals surface area contributed by atoms with Crippen LogP contribution in [0.2, 0.25) is 0 Å². The zero-order chi connectivity index (χ0) is 19.4. The van der Waals surface area contributed by atoms with Gasteiger partial charge in [0.05, 0.1) is 10.9 Å². The normalized spacial score (nSPS) is 21.1. The number of carbonyl (C=O) groups excluding carboxylic acids is 1. The molecule has 1 saturated heterocycles. The summed E-state index contributed by atoms with van der Waals surface area (Å²) in [6.45, 7) is 3.80. The number of hydrogen-bond acceptors (Lipinski definition) is 6. The third kappa shape index (κ3) is 5.12. The summed E-state index contributed by atoms with van der Waals surface area (Å²) in [6.07, 6.45) is 7.44. The fourth-order valence-electron chi connectivity index (χ4n) is 3.97. The Morgan fingerprint density at radius 2 is 1.93 bits per heavy atom. The number of carbonyl (C=O) groups is 1. The average molecular weight is 479 g/mol. The molecule has 6 nitrogen and oxygen atoms in total. The number of rotatable bonds is 5. The molecule has 1 aromatic heterocycles. The van der Waals surface area contributed by atoms with E-state index in [1.807, 2.05) is 0 Å². The number of hydrogen-bond donors (Lipinski definition) is 0. The van der Waals surface area contributed by atoms with Crippen molar-refractivity contribution in [2.45, 2.75) is 43.4 Å². The number of sulfonamides is 1. The van der Waals surface area contributed by atoms with Crippen LogP contribution in [0.4, 0.5) is 0 Å². The molecule has 152 valence electrons. The van der Waals surface area contributed by atoms with Crippen LogP contribution in [0.5, 0.6) is 0 Å². The molecule has 2 fully saturated rings. The fourth-order valence-corrected chi connectivity index (χ4v) is 7.88. The Kier molecular flexibility index (Phi) is 7.35. The predicted molar refractivity (Wildman–Crippen MR) is 110 cm³/mol. The Hall–Kier alpha value is -0.480. The molecular formula is C18H27BrN2O4S2. The minimum Gasteiger partial charge on any atom is -0.465 e. The number of halogens is 1. The van der Waals surface area contributed by atoms with Gasteiger partial charge in [0, 0.05) is 26.2 Å². The van der Waals surface area contributed by atoms with Crippen molar-refractivity contribution in [3.63, 3.8) is 0 Å². The zero-order valence-corrected chi connectivity index (χ0v) is 18.9. The lowest BCUT2D eigenvalue weighted by Gasteiger charge is -2.28. The van der Waals surface area contributed by atoms with E-state index in [2.05, 4.69) is 20.8 Å². The molecule has 0 spiro atoms. The highest BCUT2D eigenvalue weighted by atomic mass is 79.9. The summed E-state index contributed by atoms with van der Waals surface area (Å²) in [6, 6.07) is 1.42. The van der Waals surface area contributed by atoms with Crippen LogP contribution in [0.1, 0.15) is 48.2 Å². The molecule has 0 amide bonds. The number of methoxy groups -OCH3 is 1. The quantitative estimate of drug-likeness (QED) is 0.605. The average Bonchev–Trinajstić information content (AvgIpc) is 2.91. The van der Waals surface area contributed by atoms with E-state index in [0.29, 0.717) is 16.9 Å².